The van der Waals surface area contributed by atoms with Crippen LogP contribution in [-0.2, 0) is 14.0 Å². The summed E-state index contributed by atoms with van der Waals surface area (Å²) in [6.07, 6.45) is 1.32. The molecular weight excluding hydrogens is 232 g/mol. The highest BCUT2D eigenvalue weighted by molar-refractivity contribution is 6.74. The molecule has 0 aromatic heterocycles. The van der Waals surface area contributed by atoms with Crippen LogP contribution in [0.25, 0.3) is 0 Å². The Morgan fingerprint density at radius 3 is 2.24 bits per heavy atom. The van der Waals surface area contributed by atoms with Crippen molar-refractivity contribution in [3.63, 3.8) is 0 Å². The van der Waals surface area contributed by atoms with E-state index in [0.717, 1.165) is 13.0 Å². The first-order valence-corrected chi connectivity index (χ1v) is 9.21. The number of carbonyl (C=O) groups excluding carboxylic acids is 1. The van der Waals surface area contributed by atoms with E-state index in [4.69, 9.17) is 4.43 Å². The van der Waals surface area contributed by atoms with Crippen molar-refractivity contribution in [2.24, 2.45) is 5.92 Å². The van der Waals surface area contributed by atoms with Crippen molar-refractivity contribution < 1.29 is 14.0 Å². The van der Waals surface area contributed by atoms with Crippen molar-refractivity contribution >= 4 is 14.3 Å². The van der Waals surface area contributed by atoms with Crippen LogP contribution in [0.1, 0.15) is 40.5 Å². The fourth-order valence-corrected chi connectivity index (χ4v) is 2.25. The predicted octanol–water partition coefficient (Wildman–Crippen LogP) is 3.60. The molecule has 0 saturated carbocycles. The van der Waals surface area contributed by atoms with Crippen molar-refractivity contribution in [3.05, 3.63) is 0 Å². The maximum atomic E-state index is 11.0. The molecule has 0 aliphatic heterocycles. The molecule has 0 amide bonds. The fraction of sp³-hybridized carbons (Fsp3) is 0.923. The first-order valence-electron chi connectivity index (χ1n) is 6.31. The van der Waals surface area contributed by atoms with Crippen molar-refractivity contribution in [3.8, 4) is 0 Å². The molecular formula is C13H28O3Si. The average molecular weight is 260 g/mol. The topological polar surface area (TPSA) is 35.5 Å². The molecule has 0 spiro atoms. The highest BCUT2D eigenvalue weighted by Gasteiger charge is 2.37. The summed E-state index contributed by atoms with van der Waals surface area (Å²) < 4.78 is 10.7. The Morgan fingerprint density at radius 1 is 1.29 bits per heavy atom. The van der Waals surface area contributed by atoms with Crippen LogP contribution in [0.3, 0.4) is 0 Å². The van der Waals surface area contributed by atoms with Gasteiger partial charge in [0.1, 0.15) is 0 Å². The van der Waals surface area contributed by atoms with Crippen molar-refractivity contribution in [1.29, 1.82) is 0 Å². The second-order valence-corrected chi connectivity index (χ2v) is 11.1. The maximum Gasteiger partial charge on any atom is 0.305 e. The number of hydrogen-bond acceptors (Lipinski definition) is 3. The summed E-state index contributed by atoms with van der Waals surface area (Å²) in [6.45, 7) is 14.1. The van der Waals surface area contributed by atoms with Crippen LogP contribution in [0.15, 0.2) is 0 Å². The molecule has 102 valence electrons. The lowest BCUT2D eigenvalue weighted by molar-refractivity contribution is -0.140. The van der Waals surface area contributed by atoms with Gasteiger partial charge in [0.05, 0.1) is 7.11 Å². The minimum atomic E-state index is -1.65. The zero-order valence-corrected chi connectivity index (χ0v) is 13.4. The molecule has 0 fully saturated rings. The molecule has 0 radical (unpaired) electrons. The van der Waals surface area contributed by atoms with Gasteiger partial charge in [0.15, 0.2) is 8.32 Å². The Bertz CT molecular complexity index is 244. The third kappa shape index (κ3) is 6.22. The minimum Gasteiger partial charge on any atom is -0.469 e. The number of hydrogen-bond donors (Lipinski definition) is 0. The molecule has 0 heterocycles. The molecule has 1 atom stereocenters. The van der Waals surface area contributed by atoms with Crippen LogP contribution in [0, 0.1) is 5.92 Å². The van der Waals surface area contributed by atoms with E-state index >= 15 is 0 Å². The monoisotopic (exact) mass is 260 g/mol. The molecule has 0 unspecified atom stereocenters. The van der Waals surface area contributed by atoms with Gasteiger partial charge in [0.25, 0.3) is 0 Å². The summed E-state index contributed by atoms with van der Waals surface area (Å²) in [5.74, 6) is 0.271. The van der Waals surface area contributed by atoms with E-state index in [1.54, 1.807) is 0 Å². The quantitative estimate of drug-likeness (QED) is 0.541. The lowest BCUT2D eigenvalue weighted by Gasteiger charge is -2.37. The first-order chi connectivity index (χ1) is 7.60. The van der Waals surface area contributed by atoms with Crippen LogP contribution in [0.4, 0.5) is 0 Å². The molecule has 0 rings (SSSR count). The van der Waals surface area contributed by atoms with Gasteiger partial charge in [-0.3, -0.25) is 4.79 Å². The largest absolute Gasteiger partial charge is 0.469 e. The number of ether oxygens (including phenoxy) is 1. The van der Waals surface area contributed by atoms with E-state index in [1.807, 2.05) is 0 Å². The van der Waals surface area contributed by atoms with Gasteiger partial charge < -0.3 is 9.16 Å². The van der Waals surface area contributed by atoms with Crippen molar-refractivity contribution in [2.75, 3.05) is 13.7 Å². The average Bonchev–Trinajstić information content (AvgIpc) is 2.21. The number of carbonyl (C=O) groups is 1. The van der Waals surface area contributed by atoms with E-state index in [1.165, 1.54) is 7.11 Å². The smallest absolute Gasteiger partial charge is 0.305 e. The van der Waals surface area contributed by atoms with Crippen molar-refractivity contribution in [2.45, 2.75) is 58.7 Å². The summed E-state index contributed by atoms with van der Waals surface area (Å²) in [4.78, 5) is 11.0. The molecule has 0 aliphatic carbocycles. The Labute approximate surface area is 107 Å². The Balaban J connectivity index is 4.00. The van der Waals surface area contributed by atoms with Crippen LogP contribution < -0.4 is 0 Å². The van der Waals surface area contributed by atoms with E-state index in [0.29, 0.717) is 12.3 Å². The molecule has 0 saturated heterocycles. The molecule has 0 aromatic carbocycles. The highest BCUT2D eigenvalue weighted by atomic mass is 28.4. The van der Waals surface area contributed by atoms with Crippen LogP contribution in [-0.4, -0.2) is 28.0 Å². The zero-order chi connectivity index (χ0) is 13.7. The van der Waals surface area contributed by atoms with Gasteiger partial charge in [0, 0.05) is 13.0 Å². The molecule has 17 heavy (non-hydrogen) atoms. The lowest BCUT2D eigenvalue weighted by atomic mass is 10.1. The normalized spacial score (nSPS) is 14.5. The number of esters is 1. The molecule has 4 heteroatoms. The van der Waals surface area contributed by atoms with E-state index in [2.05, 4.69) is 45.5 Å². The van der Waals surface area contributed by atoms with Gasteiger partial charge in [-0.25, -0.2) is 0 Å². The Hall–Kier alpha value is -0.353. The van der Waals surface area contributed by atoms with E-state index < -0.39 is 8.32 Å². The summed E-state index contributed by atoms with van der Waals surface area (Å²) in [6, 6.07) is 0. The molecule has 0 aliphatic rings. The third-order valence-corrected chi connectivity index (χ3v) is 8.10. The second kappa shape index (κ2) is 6.54. The lowest BCUT2D eigenvalue weighted by Crippen LogP contribution is -2.41. The van der Waals surface area contributed by atoms with Crippen LogP contribution >= 0.6 is 0 Å². The summed E-state index contributed by atoms with van der Waals surface area (Å²) >= 11 is 0. The van der Waals surface area contributed by atoms with Gasteiger partial charge in [-0.2, -0.15) is 0 Å². The number of rotatable bonds is 6. The second-order valence-electron chi connectivity index (χ2n) is 6.29. The number of methoxy groups -OCH3 is 1. The summed E-state index contributed by atoms with van der Waals surface area (Å²) in [7, 11) is -0.219. The minimum absolute atomic E-state index is 0.135. The zero-order valence-electron chi connectivity index (χ0n) is 12.4. The van der Waals surface area contributed by atoms with Crippen LogP contribution in [0.5, 0.6) is 0 Å². The summed E-state index contributed by atoms with van der Waals surface area (Å²) in [5, 5.41) is 0.245. The Morgan fingerprint density at radius 2 is 1.82 bits per heavy atom. The Kier molecular flexibility index (Phi) is 6.41. The third-order valence-electron chi connectivity index (χ3n) is 3.60. The predicted molar refractivity (Wildman–Crippen MR) is 73.6 cm³/mol. The molecule has 3 nitrogen and oxygen atoms in total. The van der Waals surface area contributed by atoms with Gasteiger partial charge in [-0.05, 0) is 30.5 Å². The van der Waals surface area contributed by atoms with Crippen LogP contribution in [0.2, 0.25) is 18.1 Å². The first kappa shape index (κ1) is 16.6. The van der Waals surface area contributed by atoms with Gasteiger partial charge in [-0.15, -0.1) is 0 Å². The van der Waals surface area contributed by atoms with Gasteiger partial charge >= 0.3 is 5.97 Å². The maximum absolute atomic E-state index is 11.0. The molecule has 0 N–H and O–H groups in total. The summed E-state index contributed by atoms with van der Waals surface area (Å²) in [5.41, 5.74) is 0. The molecule has 0 bridgehead atoms. The highest BCUT2D eigenvalue weighted by Crippen LogP contribution is 2.36. The van der Waals surface area contributed by atoms with E-state index in [9.17, 15) is 4.79 Å². The van der Waals surface area contributed by atoms with Gasteiger partial charge in [0.2, 0.25) is 0 Å². The SMILES string of the molecule is COC(=O)CC[C@H](C)CO[Si](C)(C)C(C)(C)C. The molecule has 0 aromatic rings. The van der Waals surface area contributed by atoms with Crippen molar-refractivity contribution in [1.82, 2.24) is 0 Å². The van der Waals surface area contributed by atoms with E-state index in [-0.39, 0.29) is 11.0 Å². The standard InChI is InChI=1S/C13H28O3Si/c1-11(8-9-12(14)15-5)10-16-17(6,7)13(2,3)4/h11H,8-10H2,1-7H3/t11-/m0/s1. The fourth-order valence-electron chi connectivity index (χ4n) is 1.12. The van der Waals surface area contributed by atoms with Gasteiger partial charge in [-0.1, -0.05) is 27.7 Å².